The average Bonchev–Trinajstić information content (AvgIpc) is 2.53. The second-order valence-electron chi connectivity index (χ2n) is 5.29. The first-order valence-electron chi connectivity index (χ1n) is 7.56. The van der Waals surface area contributed by atoms with Crippen LogP contribution in [0.4, 0.5) is 0 Å². The van der Waals surface area contributed by atoms with Crippen LogP contribution in [0.25, 0.3) is 0 Å². The molecule has 0 saturated heterocycles. The fraction of sp³-hybridized carbons (Fsp3) is 0.353. The van der Waals surface area contributed by atoms with E-state index in [1.807, 2.05) is 0 Å². The van der Waals surface area contributed by atoms with E-state index in [-0.39, 0.29) is 17.9 Å². The fourth-order valence-corrected chi connectivity index (χ4v) is 2.34. The molecule has 128 valence electrons. The lowest BCUT2D eigenvalue weighted by Crippen LogP contribution is -2.28. The minimum absolute atomic E-state index is 0.142. The zero-order valence-corrected chi connectivity index (χ0v) is 14.0. The van der Waals surface area contributed by atoms with Crippen LogP contribution in [0, 0.1) is 6.92 Å². The van der Waals surface area contributed by atoms with Crippen molar-refractivity contribution in [1.29, 1.82) is 0 Å². The Bertz CT molecular complexity index is 771. The van der Waals surface area contributed by atoms with E-state index in [1.54, 1.807) is 39.3 Å². The van der Waals surface area contributed by atoms with Crippen LogP contribution in [0.5, 0.6) is 11.5 Å². The maximum atomic E-state index is 12.1. The smallest absolute Gasteiger partial charge is 0.251 e. The van der Waals surface area contributed by atoms with E-state index < -0.39 is 0 Å². The summed E-state index contributed by atoms with van der Waals surface area (Å²) in [6.07, 6.45) is 0.635. The topological polar surface area (TPSA) is 93.3 Å². The second-order valence-corrected chi connectivity index (χ2v) is 5.29. The predicted octanol–water partition coefficient (Wildman–Crippen LogP) is 0.997. The Morgan fingerprint density at radius 1 is 1.25 bits per heavy atom. The van der Waals surface area contributed by atoms with Crippen molar-refractivity contribution in [1.82, 2.24) is 15.3 Å². The van der Waals surface area contributed by atoms with E-state index in [4.69, 9.17) is 9.47 Å². The third-order valence-corrected chi connectivity index (χ3v) is 3.44. The van der Waals surface area contributed by atoms with Crippen LogP contribution in [-0.2, 0) is 17.6 Å². The summed E-state index contributed by atoms with van der Waals surface area (Å²) in [5.41, 5.74) is 1.21. The zero-order chi connectivity index (χ0) is 17.5. The number of H-pyrrole nitrogens is 1. The molecule has 2 N–H and O–H groups in total. The van der Waals surface area contributed by atoms with E-state index in [1.165, 1.54) is 6.07 Å². The van der Waals surface area contributed by atoms with Gasteiger partial charge in [-0.2, -0.15) is 0 Å². The van der Waals surface area contributed by atoms with Gasteiger partial charge in [-0.1, -0.05) is 0 Å². The number of aromatic amines is 1. The molecule has 1 aromatic heterocycles. The summed E-state index contributed by atoms with van der Waals surface area (Å²) in [4.78, 5) is 30.3. The predicted molar refractivity (Wildman–Crippen MR) is 89.6 cm³/mol. The van der Waals surface area contributed by atoms with Crippen molar-refractivity contribution in [2.24, 2.45) is 0 Å². The lowest BCUT2D eigenvalue weighted by molar-refractivity contribution is -0.120. The minimum Gasteiger partial charge on any atom is -0.497 e. The van der Waals surface area contributed by atoms with Gasteiger partial charge in [-0.25, -0.2) is 4.98 Å². The van der Waals surface area contributed by atoms with Crippen molar-refractivity contribution in [2.45, 2.75) is 19.8 Å². The molecule has 2 rings (SSSR count). The van der Waals surface area contributed by atoms with E-state index in [9.17, 15) is 9.59 Å². The monoisotopic (exact) mass is 331 g/mol. The first-order valence-corrected chi connectivity index (χ1v) is 7.56. The highest BCUT2D eigenvalue weighted by Crippen LogP contribution is 2.24. The van der Waals surface area contributed by atoms with Crippen LogP contribution in [-0.4, -0.2) is 36.6 Å². The van der Waals surface area contributed by atoms with Crippen molar-refractivity contribution < 1.29 is 14.3 Å². The molecular weight excluding hydrogens is 310 g/mol. The highest BCUT2D eigenvalue weighted by Gasteiger charge is 2.10. The molecule has 0 aliphatic carbocycles. The van der Waals surface area contributed by atoms with E-state index >= 15 is 0 Å². The molecule has 1 aromatic carbocycles. The molecule has 0 bridgehead atoms. The van der Waals surface area contributed by atoms with E-state index in [0.29, 0.717) is 36.0 Å². The summed E-state index contributed by atoms with van der Waals surface area (Å²) in [6, 6.07) is 6.75. The van der Waals surface area contributed by atoms with Crippen LogP contribution >= 0.6 is 0 Å². The van der Waals surface area contributed by atoms with Gasteiger partial charge in [0.15, 0.2) is 0 Å². The molecule has 0 radical (unpaired) electrons. The SMILES string of the molecule is COc1ccc(OC)c(CC(=O)NCCc2nc(C)cc(=O)[nH]2)c1. The molecule has 7 nitrogen and oxygen atoms in total. The molecular formula is C17H21N3O4. The molecule has 2 aromatic rings. The number of carbonyl (C=O) groups is 1. The van der Waals surface area contributed by atoms with Gasteiger partial charge in [0.1, 0.15) is 17.3 Å². The van der Waals surface area contributed by atoms with Crippen molar-refractivity contribution in [3.05, 3.63) is 51.7 Å². The van der Waals surface area contributed by atoms with E-state index in [0.717, 1.165) is 5.56 Å². The maximum absolute atomic E-state index is 12.1. The van der Waals surface area contributed by atoms with Crippen LogP contribution in [0.15, 0.2) is 29.1 Å². The van der Waals surface area contributed by atoms with Crippen LogP contribution in [0.1, 0.15) is 17.1 Å². The molecule has 0 atom stereocenters. The normalized spacial score (nSPS) is 10.3. The Morgan fingerprint density at radius 3 is 2.71 bits per heavy atom. The number of rotatable bonds is 7. The molecule has 0 aliphatic heterocycles. The van der Waals surface area contributed by atoms with Crippen LogP contribution in [0.2, 0.25) is 0 Å². The Hall–Kier alpha value is -2.83. The van der Waals surface area contributed by atoms with Gasteiger partial charge < -0.3 is 19.8 Å². The average molecular weight is 331 g/mol. The van der Waals surface area contributed by atoms with Crippen LogP contribution < -0.4 is 20.3 Å². The second kappa shape index (κ2) is 8.14. The molecule has 0 fully saturated rings. The summed E-state index contributed by atoms with van der Waals surface area (Å²) < 4.78 is 10.4. The molecule has 7 heteroatoms. The number of amides is 1. The van der Waals surface area contributed by atoms with Crippen molar-refractivity contribution in [3.63, 3.8) is 0 Å². The van der Waals surface area contributed by atoms with Gasteiger partial charge in [-0.3, -0.25) is 9.59 Å². The number of carbonyl (C=O) groups excluding carboxylic acids is 1. The maximum Gasteiger partial charge on any atom is 0.251 e. The summed E-state index contributed by atoms with van der Waals surface area (Å²) >= 11 is 0. The molecule has 0 aliphatic rings. The lowest BCUT2D eigenvalue weighted by Gasteiger charge is -2.11. The lowest BCUT2D eigenvalue weighted by atomic mass is 10.1. The summed E-state index contributed by atoms with van der Waals surface area (Å²) in [5, 5.41) is 2.81. The molecule has 1 amide bonds. The summed E-state index contributed by atoms with van der Waals surface area (Å²) in [5.74, 6) is 1.71. The highest BCUT2D eigenvalue weighted by atomic mass is 16.5. The molecule has 24 heavy (non-hydrogen) atoms. The molecule has 0 unspecified atom stereocenters. The van der Waals surface area contributed by atoms with Crippen molar-refractivity contribution >= 4 is 5.91 Å². The number of methoxy groups -OCH3 is 2. The first-order chi connectivity index (χ1) is 11.5. The van der Waals surface area contributed by atoms with Gasteiger partial charge in [-0.15, -0.1) is 0 Å². The van der Waals surface area contributed by atoms with Gasteiger partial charge >= 0.3 is 0 Å². The number of benzene rings is 1. The molecule has 1 heterocycles. The summed E-state index contributed by atoms with van der Waals surface area (Å²) in [6.45, 7) is 2.14. The van der Waals surface area contributed by atoms with Gasteiger partial charge in [0.05, 0.1) is 20.6 Å². The third kappa shape index (κ3) is 4.84. The number of nitrogens with one attached hydrogen (secondary N) is 2. The number of hydrogen-bond acceptors (Lipinski definition) is 5. The quantitative estimate of drug-likeness (QED) is 0.789. The van der Waals surface area contributed by atoms with Gasteiger partial charge in [-0.05, 0) is 25.1 Å². The van der Waals surface area contributed by atoms with Gasteiger partial charge in [0.25, 0.3) is 5.56 Å². The molecule has 0 spiro atoms. The number of nitrogens with zero attached hydrogens (tertiary/aromatic N) is 1. The fourth-order valence-electron chi connectivity index (χ4n) is 2.34. The minimum atomic E-state index is -0.190. The number of aromatic nitrogens is 2. The number of hydrogen-bond donors (Lipinski definition) is 2. The third-order valence-electron chi connectivity index (χ3n) is 3.44. The van der Waals surface area contributed by atoms with Gasteiger partial charge in [0, 0.05) is 30.3 Å². The largest absolute Gasteiger partial charge is 0.497 e. The van der Waals surface area contributed by atoms with E-state index in [2.05, 4.69) is 15.3 Å². The van der Waals surface area contributed by atoms with Gasteiger partial charge in [0.2, 0.25) is 5.91 Å². The Balaban J connectivity index is 1.92. The summed E-state index contributed by atoms with van der Waals surface area (Å²) in [7, 11) is 3.13. The highest BCUT2D eigenvalue weighted by molar-refractivity contribution is 5.79. The standard InChI is InChI=1S/C17H21N3O4/c1-11-8-17(22)20-15(19-11)6-7-18-16(21)10-12-9-13(23-2)4-5-14(12)24-3/h4-5,8-9H,6-7,10H2,1-3H3,(H,18,21)(H,19,20,22). The molecule has 0 saturated carbocycles. The first kappa shape index (κ1) is 17.5. The zero-order valence-electron chi connectivity index (χ0n) is 14.0. The number of aryl methyl sites for hydroxylation is 1. The Morgan fingerprint density at radius 2 is 2.04 bits per heavy atom. The van der Waals surface area contributed by atoms with Crippen molar-refractivity contribution in [3.8, 4) is 11.5 Å². The van der Waals surface area contributed by atoms with Crippen LogP contribution in [0.3, 0.4) is 0 Å². The Kier molecular flexibility index (Phi) is 5.95. The Labute approximate surface area is 140 Å². The van der Waals surface area contributed by atoms with Crippen molar-refractivity contribution in [2.75, 3.05) is 20.8 Å². The number of ether oxygens (including phenoxy) is 2.